The third kappa shape index (κ3) is 13.2. The number of nitrogens with one attached hydrogen (secondary N) is 3. The van der Waals surface area contributed by atoms with Gasteiger partial charge in [-0.15, -0.1) is 0 Å². The van der Waals surface area contributed by atoms with E-state index in [1.807, 2.05) is 0 Å². The van der Waals surface area contributed by atoms with Gasteiger partial charge in [-0.2, -0.15) is 0 Å². The number of aliphatic hydroxyl groups excluding tert-OH is 2. The second kappa shape index (κ2) is 22.3. The van der Waals surface area contributed by atoms with Crippen LogP contribution < -0.4 is 38.9 Å². The van der Waals surface area contributed by atoms with Crippen LogP contribution in [0.3, 0.4) is 0 Å². The molecular weight excluding hydrogens is 725 g/mol. The van der Waals surface area contributed by atoms with Gasteiger partial charge in [0.1, 0.15) is 0 Å². The highest BCUT2D eigenvalue weighted by Gasteiger charge is 2.62. The third-order valence-corrected chi connectivity index (χ3v) is 14.6. The minimum Gasteiger partial charge on any atom is -0.393 e. The quantitative estimate of drug-likeness (QED) is 0.0412. The summed E-state index contributed by atoms with van der Waals surface area (Å²) in [6.45, 7) is 11.7. The number of amides is 3. The Morgan fingerprint density at radius 1 is 0.737 bits per heavy atom. The van der Waals surface area contributed by atoms with E-state index in [1.165, 1.54) is 25.7 Å². The summed E-state index contributed by atoms with van der Waals surface area (Å²) in [5.41, 5.74) is 22.0. The third-order valence-electron chi connectivity index (χ3n) is 14.6. The lowest BCUT2D eigenvalue weighted by Crippen LogP contribution is -2.58. The summed E-state index contributed by atoms with van der Waals surface area (Å²) in [6, 6.07) is 0. The molecule has 10 atom stereocenters. The zero-order valence-electron chi connectivity index (χ0n) is 35.4. The maximum absolute atomic E-state index is 12.8. The second-order valence-corrected chi connectivity index (χ2v) is 18.3. The highest BCUT2D eigenvalue weighted by molar-refractivity contribution is 5.83. The average molecular weight is 803 g/mol. The molecule has 13 N–H and O–H groups in total. The van der Waals surface area contributed by atoms with Gasteiger partial charge in [-0.1, -0.05) is 20.8 Å². The molecule has 57 heavy (non-hydrogen) atoms. The van der Waals surface area contributed by atoms with Crippen LogP contribution in [0.15, 0.2) is 9.98 Å². The van der Waals surface area contributed by atoms with Gasteiger partial charge in [-0.3, -0.25) is 24.4 Å². The van der Waals surface area contributed by atoms with E-state index in [0.29, 0.717) is 94.0 Å². The molecule has 4 aliphatic carbocycles. The van der Waals surface area contributed by atoms with Gasteiger partial charge < -0.3 is 54.0 Å². The van der Waals surface area contributed by atoms with Crippen molar-refractivity contribution in [2.75, 3.05) is 52.4 Å². The van der Waals surface area contributed by atoms with Crippen molar-refractivity contribution in [3.05, 3.63) is 0 Å². The number of rotatable bonds is 23. The fourth-order valence-corrected chi connectivity index (χ4v) is 11.6. The standard InChI is InChI=1S/C42H78N10O5/c1-28(31-9-10-32-38-33(15-17-42(31,32)3)41(2)16-14-30(53)26-29(41)27-34(38)54)8-11-35(55)48-20-4-18-47-19-5-21-49-36(56)12-13-37(57)52(24-6-22-50-39(43)44)25-7-23-51-40(45)46/h28-34,38,47,53-54H,4-27H2,1-3H3,(H,48,55)(H,49,56)(H4,43,44,50)(H4,45,46,51)/t28-,29+,30-,31-,32+,33+,34-,38+,41+,42-/m1/s1. The number of aliphatic imine (C=N–C) groups is 2. The Bertz CT molecular complexity index is 1330. The Morgan fingerprint density at radius 3 is 1.93 bits per heavy atom. The summed E-state index contributed by atoms with van der Waals surface area (Å²) >= 11 is 0. The zero-order chi connectivity index (χ0) is 41.6. The molecular formula is C42H78N10O5. The van der Waals surface area contributed by atoms with Gasteiger partial charge in [0.2, 0.25) is 17.7 Å². The van der Waals surface area contributed by atoms with E-state index in [2.05, 4.69) is 46.7 Å². The molecule has 0 aromatic carbocycles. The van der Waals surface area contributed by atoms with Crippen LogP contribution in [0.5, 0.6) is 0 Å². The normalized spacial score (nSPS) is 30.9. The van der Waals surface area contributed by atoms with Crippen LogP contribution in [0.25, 0.3) is 0 Å². The van der Waals surface area contributed by atoms with E-state index < -0.39 is 0 Å². The fourth-order valence-electron chi connectivity index (χ4n) is 11.6. The molecule has 0 bridgehead atoms. The number of nitrogens with zero attached hydrogens (tertiary/aromatic N) is 3. The molecule has 4 rings (SSSR count). The molecule has 0 aliphatic heterocycles. The number of guanidine groups is 2. The molecule has 15 heteroatoms. The van der Waals surface area contributed by atoms with Crippen molar-refractivity contribution in [1.82, 2.24) is 20.9 Å². The van der Waals surface area contributed by atoms with Crippen LogP contribution in [-0.2, 0) is 14.4 Å². The summed E-state index contributed by atoms with van der Waals surface area (Å²) in [5.74, 6) is 2.82. The number of hydrogen-bond donors (Lipinski definition) is 9. The van der Waals surface area contributed by atoms with Gasteiger partial charge in [0.25, 0.3) is 0 Å². The number of aliphatic hydroxyl groups is 2. The Balaban J connectivity index is 1.04. The van der Waals surface area contributed by atoms with E-state index in [4.69, 9.17) is 22.9 Å². The van der Waals surface area contributed by atoms with E-state index >= 15 is 0 Å². The van der Waals surface area contributed by atoms with Gasteiger partial charge in [0.05, 0.1) is 12.2 Å². The number of fused-ring (bicyclic) bond motifs is 5. The maximum atomic E-state index is 12.8. The number of carbonyl (C=O) groups is 3. The topological polar surface area (TPSA) is 260 Å². The number of hydrogen-bond acceptors (Lipinski definition) is 8. The molecule has 0 aromatic heterocycles. The smallest absolute Gasteiger partial charge is 0.223 e. The predicted molar refractivity (Wildman–Crippen MR) is 226 cm³/mol. The van der Waals surface area contributed by atoms with Gasteiger partial charge in [-0.05, 0) is 143 Å². The van der Waals surface area contributed by atoms with Crippen molar-refractivity contribution in [2.24, 2.45) is 79.3 Å². The first-order chi connectivity index (χ1) is 27.2. The largest absolute Gasteiger partial charge is 0.393 e. The van der Waals surface area contributed by atoms with Gasteiger partial charge in [0.15, 0.2) is 11.9 Å². The van der Waals surface area contributed by atoms with E-state index in [-0.39, 0.29) is 65.5 Å². The van der Waals surface area contributed by atoms with Crippen molar-refractivity contribution in [3.8, 4) is 0 Å². The molecule has 0 saturated heterocycles. The number of carbonyl (C=O) groups excluding carboxylic acids is 3. The van der Waals surface area contributed by atoms with Crippen LogP contribution >= 0.6 is 0 Å². The molecule has 0 unspecified atom stereocenters. The van der Waals surface area contributed by atoms with Crippen LogP contribution in [0.1, 0.15) is 124 Å². The Morgan fingerprint density at radius 2 is 1.32 bits per heavy atom. The summed E-state index contributed by atoms with van der Waals surface area (Å²) in [6.07, 6.45) is 12.4. The highest BCUT2D eigenvalue weighted by Crippen LogP contribution is 2.68. The van der Waals surface area contributed by atoms with Crippen LogP contribution in [0, 0.1) is 46.3 Å². The average Bonchev–Trinajstić information content (AvgIpc) is 3.52. The van der Waals surface area contributed by atoms with E-state index in [0.717, 1.165) is 58.0 Å². The van der Waals surface area contributed by atoms with Crippen molar-refractivity contribution < 1.29 is 24.6 Å². The highest BCUT2D eigenvalue weighted by atomic mass is 16.3. The summed E-state index contributed by atoms with van der Waals surface area (Å²) in [4.78, 5) is 47.7. The fraction of sp³-hybridized carbons (Fsp3) is 0.881. The first-order valence-electron chi connectivity index (χ1n) is 22.1. The van der Waals surface area contributed by atoms with Crippen LogP contribution in [-0.4, -0.2) is 109 Å². The van der Waals surface area contributed by atoms with Gasteiger partial charge in [0, 0.05) is 58.5 Å². The second-order valence-electron chi connectivity index (χ2n) is 18.3. The predicted octanol–water partition coefficient (Wildman–Crippen LogP) is 1.93. The van der Waals surface area contributed by atoms with E-state index in [1.54, 1.807) is 4.90 Å². The lowest BCUT2D eigenvalue weighted by Gasteiger charge is -2.62. The summed E-state index contributed by atoms with van der Waals surface area (Å²) < 4.78 is 0. The molecule has 0 aromatic rings. The van der Waals surface area contributed by atoms with Crippen LogP contribution in [0.2, 0.25) is 0 Å². The molecule has 15 nitrogen and oxygen atoms in total. The SMILES string of the molecule is C[C@H](CCC(=O)NCCCNCCCNC(=O)CCC(=O)N(CCCN=C(N)N)CCCN=C(N)N)[C@H]1CC[C@H]2[C@@H]3[C@H](O)C[C@@H]4C[C@H](O)CC[C@]4(C)[C@H]3CC[C@]12C. The van der Waals surface area contributed by atoms with E-state index in [9.17, 15) is 24.6 Å². The Kier molecular flexibility index (Phi) is 18.2. The first-order valence-corrected chi connectivity index (χ1v) is 22.1. The van der Waals surface area contributed by atoms with Crippen LogP contribution in [0.4, 0.5) is 0 Å². The maximum Gasteiger partial charge on any atom is 0.223 e. The molecule has 0 radical (unpaired) electrons. The zero-order valence-corrected chi connectivity index (χ0v) is 35.4. The molecule has 326 valence electrons. The van der Waals surface area contributed by atoms with Crippen molar-refractivity contribution in [3.63, 3.8) is 0 Å². The Labute approximate surface area is 341 Å². The lowest BCUT2D eigenvalue weighted by molar-refractivity contribution is -0.174. The number of nitrogens with two attached hydrogens (primary N) is 4. The lowest BCUT2D eigenvalue weighted by atomic mass is 9.43. The Hall–Kier alpha value is -3.17. The molecule has 0 spiro atoms. The van der Waals surface area contributed by atoms with Gasteiger partial charge >= 0.3 is 0 Å². The summed E-state index contributed by atoms with van der Waals surface area (Å²) in [7, 11) is 0. The molecule has 0 heterocycles. The van der Waals surface area contributed by atoms with Crippen molar-refractivity contribution in [2.45, 2.75) is 136 Å². The van der Waals surface area contributed by atoms with Crippen molar-refractivity contribution >= 4 is 29.6 Å². The molecule has 4 fully saturated rings. The first kappa shape index (κ1) is 46.5. The van der Waals surface area contributed by atoms with Gasteiger partial charge in [-0.25, -0.2) is 0 Å². The minimum atomic E-state index is -0.259. The molecule has 4 aliphatic rings. The monoisotopic (exact) mass is 803 g/mol. The summed E-state index contributed by atoms with van der Waals surface area (Å²) in [5, 5.41) is 31.3. The molecule has 3 amide bonds. The minimum absolute atomic E-state index is 0.00906. The molecule has 4 saturated carbocycles. The van der Waals surface area contributed by atoms with Crippen molar-refractivity contribution in [1.29, 1.82) is 0 Å².